The predicted octanol–water partition coefficient (Wildman–Crippen LogP) is 1.80. The summed E-state index contributed by atoms with van der Waals surface area (Å²) in [6.45, 7) is 2.17. The van der Waals surface area contributed by atoms with E-state index in [1.54, 1.807) is 10.6 Å². The summed E-state index contributed by atoms with van der Waals surface area (Å²) in [5.74, 6) is 0.826. The molecule has 0 radical (unpaired) electrons. The number of aromatic nitrogens is 1. The van der Waals surface area contributed by atoms with Gasteiger partial charge in [0.1, 0.15) is 24.0 Å². The molecule has 3 aliphatic rings. The van der Waals surface area contributed by atoms with E-state index in [2.05, 4.69) is 4.90 Å². The van der Waals surface area contributed by atoms with E-state index in [1.165, 1.54) is 18.2 Å². The van der Waals surface area contributed by atoms with Crippen LogP contribution in [0, 0.1) is 17.1 Å². The van der Waals surface area contributed by atoms with Gasteiger partial charge in [0.05, 0.1) is 36.4 Å². The predicted molar refractivity (Wildman–Crippen MR) is 90.6 cm³/mol. The van der Waals surface area contributed by atoms with E-state index in [9.17, 15) is 9.18 Å². The average molecular weight is 353 g/mol. The first kappa shape index (κ1) is 15.4. The SMILES string of the molecule is N#Cc1cc(F)cc(COc2cc3n(c(=O)c2)C[C@]24CO[C@H](CN32)C4)c1. The second kappa shape index (κ2) is 5.32. The topological polar surface area (TPSA) is 67.5 Å². The summed E-state index contributed by atoms with van der Waals surface area (Å²) in [4.78, 5) is 14.8. The van der Waals surface area contributed by atoms with Gasteiger partial charge in [-0.1, -0.05) is 0 Å². The van der Waals surface area contributed by atoms with Gasteiger partial charge in [0.25, 0.3) is 5.56 Å². The molecular weight excluding hydrogens is 337 g/mol. The molecule has 0 saturated carbocycles. The monoisotopic (exact) mass is 353 g/mol. The number of hydrogen-bond acceptors (Lipinski definition) is 5. The molecule has 0 aliphatic carbocycles. The number of ether oxygens (including phenoxy) is 2. The molecule has 1 aromatic heterocycles. The Bertz CT molecular complexity index is 1010. The van der Waals surface area contributed by atoms with E-state index in [0.29, 0.717) is 24.5 Å². The van der Waals surface area contributed by atoms with Gasteiger partial charge in [0.15, 0.2) is 0 Å². The Balaban J connectivity index is 1.42. The van der Waals surface area contributed by atoms with Crippen LogP contribution in [0.15, 0.2) is 35.1 Å². The number of morpholine rings is 1. The number of fused-ring (bicyclic) bond motifs is 3. The molecule has 3 aliphatic heterocycles. The maximum absolute atomic E-state index is 13.5. The largest absolute Gasteiger partial charge is 0.489 e. The summed E-state index contributed by atoms with van der Waals surface area (Å²) in [6.07, 6.45) is 1.19. The van der Waals surface area contributed by atoms with Gasteiger partial charge in [-0.25, -0.2) is 4.39 Å². The fraction of sp³-hybridized carbons (Fsp3) is 0.368. The minimum Gasteiger partial charge on any atom is -0.489 e. The molecule has 4 heterocycles. The Labute approximate surface area is 149 Å². The summed E-state index contributed by atoms with van der Waals surface area (Å²) in [5.41, 5.74) is 0.585. The Hall–Kier alpha value is -2.85. The van der Waals surface area contributed by atoms with E-state index in [4.69, 9.17) is 14.7 Å². The highest BCUT2D eigenvalue weighted by atomic mass is 19.1. The van der Waals surface area contributed by atoms with E-state index >= 15 is 0 Å². The van der Waals surface area contributed by atoms with Crippen molar-refractivity contribution in [1.29, 1.82) is 5.26 Å². The molecular formula is C19H16FN3O3. The number of halogens is 1. The standard InChI is InChI=1S/C19H16FN3O3/c20-14-2-12(7-21)1-13(3-14)9-25-15-4-17-22(18(24)5-15)10-19-6-16(26-11-19)8-23(17)19/h1-5,16H,6,8-11H2/t16-,19+/m0/s1. The highest BCUT2D eigenvalue weighted by Crippen LogP contribution is 2.46. The van der Waals surface area contributed by atoms with Crippen molar-refractivity contribution in [2.75, 3.05) is 18.1 Å². The van der Waals surface area contributed by atoms with E-state index in [1.807, 2.05) is 12.1 Å². The van der Waals surface area contributed by atoms with Crippen molar-refractivity contribution >= 4 is 5.82 Å². The highest BCUT2D eigenvalue weighted by molar-refractivity contribution is 5.54. The van der Waals surface area contributed by atoms with Crippen LogP contribution in [-0.4, -0.2) is 29.4 Å². The lowest BCUT2D eigenvalue weighted by atomic mass is 10.0. The second-order valence-electron chi connectivity index (χ2n) is 7.19. The molecule has 2 atom stereocenters. The van der Waals surface area contributed by atoms with Gasteiger partial charge in [-0.15, -0.1) is 0 Å². The lowest BCUT2D eigenvalue weighted by molar-refractivity contribution is 0.0856. The van der Waals surface area contributed by atoms with Crippen LogP contribution in [-0.2, 0) is 17.9 Å². The Morgan fingerprint density at radius 3 is 3.04 bits per heavy atom. The zero-order chi connectivity index (χ0) is 17.9. The zero-order valence-electron chi connectivity index (χ0n) is 13.9. The summed E-state index contributed by atoms with van der Waals surface area (Å²) in [5, 5.41) is 8.93. The van der Waals surface area contributed by atoms with E-state index in [0.717, 1.165) is 18.8 Å². The molecule has 2 bridgehead atoms. The third kappa shape index (κ3) is 2.22. The summed E-state index contributed by atoms with van der Waals surface area (Å²) < 4.78 is 26.8. The number of rotatable bonds is 3. The lowest BCUT2D eigenvalue weighted by Gasteiger charge is -2.32. The van der Waals surface area contributed by atoms with Crippen LogP contribution in [0.1, 0.15) is 17.5 Å². The van der Waals surface area contributed by atoms with Gasteiger partial charge in [-0.05, 0) is 23.8 Å². The van der Waals surface area contributed by atoms with Crippen LogP contribution in [0.2, 0.25) is 0 Å². The molecule has 0 unspecified atom stereocenters. The third-order valence-corrected chi connectivity index (χ3v) is 5.45. The Morgan fingerprint density at radius 2 is 2.23 bits per heavy atom. The first-order valence-electron chi connectivity index (χ1n) is 8.53. The molecule has 2 aromatic rings. The Kier molecular flexibility index (Phi) is 3.15. The van der Waals surface area contributed by atoms with Crippen LogP contribution in [0.4, 0.5) is 10.2 Å². The van der Waals surface area contributed by atoms with Gasteiger partial charge in [-0.3, -0.25) is 9.36 Å². The van der Waals surface area contributed by atoms with Crippen LogP contribution >= 0.6 is 0 Å². The van der Waals surface area contributed by atoms with Crippen molar-refractivity contribution in [2.45, 2.75) is 31.2 Å². The normalized spacial score (nSPS) is 25.1. The molecule has 0 amide bonds. The number of benzene rings is 1. The fourth-order valence-electron chi connectivity index (χ4n) is 4.33. The number of nitrogens with zero attached hydrogens (tertiary/aromatic N) is 3. The molecule has 7 heteroatoms. The fourth-order valence-corrected chi connectivity index (χ4v) is 4.33. The van der Waals surface area contributed by atoms with Crippen molar-refractivity contribution in [3.8, 4) is 11.8 Å². The maximum atomic E-state index is 13.5. The number of hydrogen-bond donors (Lipinski definition) is 0. The molecule has 26 heavy (non-hydrogen) atoms. The number of nitriles is 1. The summed E-state index contributed by atoms with van der Waals surface area (Å²) >= 11 is 0. The lowest BCUT2D eigenvalue weighted by Crippen LogP contribution is -2.46. The molecule has 2 saturated heterocycles. The Morgan fingerprint density at radius 1 is 1.35 bits per heavy atom. The minimum atomic E-state index is -0.480. The molecule has 6 nitrogen and oxygen atoms in total. The molecule has 0 N–H and O–H groups in total. The third-order valence-electron chi connectivity index (χ3n) is 5.45. The maximum Gasteiger partial charge on any atom is 0.255 e. The number of anilines is 1. The summed E-state index contributed by atoms with van der Waals surface area (Å²) in [7, 11) is 0. The smallest absolute Gasteiger partial charge is 0.255 e. The van der Waals surface area contributed by atoms with Crippen LogP contribution in [0.3, 0.4) is 0 Å². The van der Waals surface area contributed by atoms with Crippen LogP contribution in [0.5, 0.6) is 5.75 Å². The van der Waals surface area contributed by atoms with Crippen molar-refractivity contribution in [3.63, 3.8) is 0 Å². The second-order valence-corrected chi connectivity index (χ2v) is 7.19. The van der Waals surface area contributed by atoms with Gasteiger partial charge in [0, 0.05) is 25.1 Å². The highest BCUT2D eigenvalue weighted by Gasteiger charge is 2.56. The van der Waals surface area contributed by atoms with Crippen molar-refractivity contribution < 1.29 is 13.9 Å². The molecule has 2 fully saturated rings. The van der Waals surface area contributed by atoms with Crippen molar-refractivity contribution in [3.05, 3.63) is 57.6 Å². The van der Waals surface area contributed by atoms with E-state index in [-0.39, 0.29) is 29.4 Å². The van der Waals surface area contributed by atoms with E-state index < -0.39 is 5.82 Å². The molecule has 132 valence electrons. The van der Waals surface area contributed by atoms with Gasteiger partial charge in [0.2, 0.25) is 0 Å². The average Bonchev–Trinajstić information content (AvgIpc) is 3.28. The van der Waals surface area contributed by atoms with Crippen molar-refractivity contribution in [2.24, 2.45) is 0 Å². The molecule has 1 aromatic carbocycles. The summed E-state index contributed by atoms with van der Waals surface area (Å²) in [6, 6.07) is 9.32. The molecule has 5 rings (SSSR count). The quantitative estimate of drug-likeness (QED) is 0.842. The van der Waals surface area contributed by atoms with Gasteiger partial charge in [-0.2, -0.15) is 5.26 Å². The van der Waals surface area contributed by atoms with Gasteiger partial charge >= 0.3 is 0 Å². The minimum absolute atomic E-state index is 0.0895. The molecule has 1 spiro atoms. The van der Waals surface area contributed by atoms with Crippen LogP contribution in [0.25, 0.3) is 0 Å². The van der Waals surface area contributed by atoms with Crippen LogP contribution < -0.4 is 15.2 Å². The van der Waals surface area contributed by atoms with Crippen molar-refractivity contribution in [1.82, 2.24) is 4.57 Å². The van der Waals surface area contributed by atoms with Gasteiger partial charge < -0.3 is 14.4 Å². The first-order chi connectivity index (χ1) is 12.6. The zero-order valence-corrected chi connectivity index (χ0v) is 13.9. The first-order valence-corrected chi connectivity index (χ1v) is 8.53. The number of pyridine rings is 1.